The molecule has 0 heterocycles. The second-order valence-corrected chi connectivity index (χ2v) is 3.96. The van der Waals surface area contributed by atoms with E-state index in [0.29, 0.717) is 19.3 Å². The smallest absolute Gasteiger partial charge is 0.220 e. The predicted octanol–water partition coefficient (Wildman–Crippen LogP) is 1.67. The summed E-state index contributed by atoms with van der Waals surface area (Å²) in [5.41, 5.74) is 1.11. The summed E-state index contributed by atoms with van der Waals surface area (Å²) < 4.78 is 0. The summed E-state index contributed by atoms with van der Waals surface area (Å²) in [7, 11) is 0. The molecular weight excluding hydrogens is 214 g/mol. The number of aliphatic hydroxyl groups excluding tert-OH is 1. The van der Waals surface area contributed by atoms with Crippen LogP contribution >= 0.6 is 0 Å². The summed E-state index contributed by atoms with van der Waals surface area (Å²) in [6.07, 6.45) is 3.45. The molecule has 3 heteroatoms. The quantitative estimate of drug-likeness (QED) is 0.704. The predicted molar refractivity (Wildman–Crippen MR) is 68.6 cm³/mol. The molecule has 0 aromatic heterocycles. The molecule has 1 aromatic rings. The average molecular weight is 233 g/mol. The molecule has 1 unspecified atom stereocenters. The normalized spacial score (nSPS) is 11.8. The lowest BCUT2D eigenvalue weighted by molar-refractivity contribution is -0.122. The van der Waals surface area contributed by atoms with E-state index in [1.54, 1.807) is 6.08 Å². The number of hydrogen-bond donors (Lipinski definition) is 2. The maximum Gasteiger partial charge on any atom is 0.220 e. The second-order valence-electron chi connectivity index (χ2n) is 3.96. The van der Waals surface area contributed by atoms with Gasteiger partial charge in [-0.25, -0.2) is 0 Å². The van der Waals surface area contributed by atoms with Gasteiger partial charge in [0.05, 0.1) is 12.6 Å². The Balaban J connectivity index is 2.43. The number of nitrogens with one attached hydrogen (secondary N) is 1. The van der Waals surface area contributed by atoms with E-state index in [1.165, 1.54) is 0 Å². The summed E-state index contributed by atoms with van der Waals surface area (Å²) in [6, 6.07) is 9.60. The molecule has 0 fully saturated rings. The number of allylic oxidation sites excluding steroid dienone is 1. The Kier molecular flexibility index (Phi) is 6.04. The van der Waals surface area contributed by atoms with Gasteiger partial charge in [0.25, 0.3) is 0 Å². The Bertz CT molecular complexity index is 348. The van der Waals surface area contributed by atoms with Crippen molar-refractivity contribution in [3.63, 3.8) is 0 Å². The number of rotatable bonds is 7. The first-order valence-corrected chi connectivity index (χ1v) is 5.81. The number of hydrogen-bond acceptors (Lipinski definition) is 2. The molecule has 1 atom stereocenters. The van der Waals surface area contributed by atoms with Crippen LogP contribution in [0.1, 0.15) is 18.4 Å². The van der Waals surface area contributed by atoms with E-state index in [0.717, 1.165) is 5.56 Å². The lowest BCUT2D eigenvalue weighted by Gasteiger charge is -2.16. The molecule has 1 aromatic carbocycles. The highest BCUT2D eigenvalue weighted by molar-refractivity contribution is 5.76. The van der Waals surface area contributed by atoms with Crippen LogP contribution in [-0.4, -0.2) is 23.7 Å². The van der Waals surface area contributed by atoms with Crippen molar-refractivity contribution < 1.29 is 9.90 Å². The van der Waals surface area contributed by atoms with Crippen LogP contribution in [-0.2, 0) is 11.2 Å². The van der Waals surface area contributed by atoms with Crippen molar-refractivity contribution in [1.82, 2.24) is 5.32 Å². The van der Waals surface area contributed by atoms with Gasteiger partial charge in [-0.3, -0.25) is 4.79 Å². The molecule has 1 amide bonds. The highest BCUT2D eigenvalue weighted by Crippen LogP contribution is 2.03. The highest BCUT2D eigenvalue weighted by atomic mass is 16.3. The SMILES string of the molecule is C=CCCC(=O)NC(CO)Cc1ccccc1. The standard InChI is InChI=1S/C14H19NO2/c1-2-3-9-14(17)15-13(11-16)10-12-7-5-4-6-8-12/h2,4-8,13,16H,1,3,9-11H2,(H,15,17). The molecule has 0 aliphatic rings. The first kappa shape index (κ1) is 13.5. The zero-order valence-electron chi connectivity index (χ0n) is 9.93. The van der Waals surface area contributed by atoms with Gasteiger partial charge in [0.15, 0.2) is 0 Å². The van der Waals surface area contributed by atoms with Gasteiger partial charge in [-0.1, -0.05) is 36.4 Å². The van der Waals surface area contributed by atoms with Crippen LogP contribution in [0.25, 0.3) is 0 Å². The molecule has 0 radical (unpaired) electrons. The number of carbonyl (C=O) groups excluding carboxylic acids is 1. The molecule has 0 aliphatic heterocycles. The molecule has 0 saturated heterocycles. The lowest BCUT2D eigenvalue weighted by Crippen LogP contribution is -2.38. The third-order valence-corrected chi connectivity index (χ3v) is 2.49. The Morgan fingerprint density at radius 1 is 1.41 bits per heavy atom. The second kappa shape index (κ2) is 7.63. The molecular formula is C14H19NO2. The summed E-state index contributed by atoms with van der Waals surface area (Å²) in [5.74, 6) is -0.0418. The van der Waals surface area contributed by atoms with E-state index < -0.39 is 0 Å². The fourth-order valence-electron chi connectivity index (χ4n) is 1.59. The minimum atomic E-state index is -0.213. The van der Waals surface area contributed by atoms with Crippen LogP contribution in [0.4, 0.5) is 0 Å². The Morgan fingerprint density at radius 3 is 2.71 bits per heavy atom. The van der Waals surface area contributed by atoms with Crippen molar-refractivity contribution >= 4 is 5.91 Å². The number of amides is 1. The molecule has 0 saturated carbocycles. The maximum absolute atomic E-state index is 11.5. The van der Waals surface area contributed by atoms with Crippen LogP contribution in [0.15, 0.2) is 43.0 Å². The number of benzene rings is 1. The van der Waals surface area contributed by atoms with Crippen LogP contribution in [0.3, 0.4) is 0 Å². The molecule has 0 spiro atoms. The fraction of sp³-hybridized carbons (Fsp3) is 0.357. The molecule has 0 bridgehead atoms. The summed E-state index contributed by atoms with van der Waals surface area (Å²) in [6.45, 7) is 3.52. The Morgan fingerprint density at radius 2 is 2.12 bits per heavy atom. The first-order chi connectivity index (χ1) is 8.26. The van der Waals surface area contributed by atoms with Crippen LogP contribution in [0, 0.1) is 0 Å². The van der Waals surface area contributed by atoms with Gasteiger partial charge in [0, 0.05) is 6.42 Å². The molecule has 0 aliphatic carbocycles. The number of carbonyl (C=O) groups is 1. The first-order valence-electron chi connectivity index (χ1n) is 5.81. The molecule has 3 nitrogen and oxygen atoms in total. The lowest BCUT2D eigenvalue weighted by atomic mass is 10.1. The van der Waals surface area contributed by atoms with Crippen LogP contribution in [0.2, 0.25) is 0 Å². The third kappa shape index (κ3) is 5.31. The summed E-state index contributed by atoms with van der Waals surface area (Å²) in [4.78, 5) is 11.5. The summed E-state index contributed by atoms with van der Waals surface area (Å²) >= 11 is 0. The van der Waals surface area contributed by atoms with Crippen molar-refractivity contribution in [2.24, 2.45) is 0 Å². The van der Waals surface area contributed by atoms with Gasteiger partial charge in [-0.15, -0.1) is 6.58 Å². The third-order valence-electron chi connectivity index (χ3n) is 2.49. The van der Waals surface area contributed by atoms with Gasteiger partial charge in [-0.2, -0.15) is 0 Å². The summed E-state index contributed by atoms with van der Waals surface area (Å²) in [5, 5.41) is 12.0. The number of aliphatic hydroxyl groups is 1. The van der Waals surface area contributed by atoms with Gasteiger partial charge in [0.2, 0.25) is 5.91 Å². The van der Waals surface area contributed by atoms with Crippen molar-refractivity contribution in [2.45, 2.75) is 25.3 Å². The van der Waals surface area contributed by atoms with Crippen molar-refractivity contribution in [2.75, 3.05) is 6.61 Å². The van der Waals surface area contributed by atoms with Crippen molar-refractivity contribution in [1.29, 1.82) is 0 Å². The maximum atomic E-state index is 11.5. The zero-order chi connectivity index (χ0) is 12.5. The molecule has 92 valence electrons. The van der Waals surface area contributed by atoms with Gasteiger partial charge >= 0.3 is 0 Å². The van der Waals surface area contributed by atoms with E-state index in [2.05, 4.69) is 11.9 Å². The van der Waals surface area contributed by atoms with Gasteiger partial charge in [-0.05, 0) is 18.4 Å². The van der Waals surface area contributed by atoms with Crippen molar-refractivity contribution in [3.05, 3.63) is 48.6 Å². The molecule has 2 N–H and O–H groups in total. The topological polar surface area (TPSA) is 49.3 Å². The Labute approximate surface area is 102 Å². The van der Waals surface area contributed by atoms with E-state index >= 15 is 0 Å². The monoisotopic (exact) mass is 233 g/mol. The van der Waals surface area contributed by atoms with E-state index in [4.69, 9.17) is 0 Å². The van der Waals surface area contributed by atoms with E-state index in [-0.39, 0.29) is 18.6 Å². The van der Waals surface area contributed by atoms with Crippen molar-refractivity contribution in [3.8, 4) is 0 Å². The minimum Gasteiger partial charge on any atom is -0.394 e. The van der Waals surface area contributed by atoms with Gasteiger partial charge < -0.3 is 10.4 Å². The minimum absolute atomic E-state index is 0.0418. The molecule has 17 heavy (non-hydrogen) atoms. The fourth-order valence-corrected chi connectivity index (χ4v) is 1.59. The highest BCUT2D eigenvalue weighted by Gasteiger charge is 2.11. The van der Waals surface area contributed by atoms with Crippen LogP contribution in [0.5, 0.6) is 0 Å². The van der Waals surface area contributed by atoms with E-state index in [9.17, 15) is 9.90 Å². The van der Waals surface area contributed by atoms with Gasteiger partial charge in [0.1, 0.15) is 0 Å². The average Bonchev–Trinajstić information content (AvgIpc) is 2.36. The Hall–Kier alpha value is -1.61. The largest absolute Gasteiger partial charge is 0.394 e. The zero-order valence-corrected chi connectivity index (χ0v) is 9.93. The van der Waals surface area contributed by atoms with E-state index in [1.807, 2.05) is 30.3 Å². The van der Waals surface area contributed by atoms with Crippen LogP contribution < -0.4 is 5.32 Å². The molecule has 1 rings (SSSR count).